The smallest absolute Gasteiger partial charge is 0.224 e. The average molecular weight is 279 g/mol. The zero-order valence-corrected chi connectivity index (χ0v) is 12.3. The SMILES string of the molecule is CCCC(N)CC(=O)N1CCN(Cc2ccco2)CC1. The second kappa shape index (κ2) is 7.45. The summed E-state index contributed by atoms with van der Waals surface area (Å²) >= 11 is 0. The quantitative estimate of drug-likeness (QED) is 0.856. The molecule has 1 unspecified atom stereocenters. The molecule has 1 aromatic heterocycles. The number of amides is 1. The first-order chi connectivity index (χ1) is 9.69. The summed E-state index contributed by atoms with van der Waals surface area (Å²) in [6.07, 6.45) is 4.13. The Kier molecular flexibility index (Phi) is 5.61. The molecular formula is C15H25N3O2. The maximum atomic E-state index is 12.1. The largest absolute Gasteiger partial charge is 0.468 e. The second-order valence-corrected chi connectivity index (χ2v) is 5.49. The lowest BCUT2D eigenvalue weighted by atomic mass is 10.1. The summed E-state index contributed by atoms with van der Waals surface area (Å²) in [5, 5.41) is 0. The Morgan fingerprint density at radius 2 is 2.15 bits per heavy atom. The molecule has 0 radical (unpaired) electrons. The van der Waals surface area contributed by atoms with E-state index in [1.807, 2.05) is 17.0 Å². The highest BCUT2D eigenvalue weighted by Crippen LogP contribution is 2.10. The molecule has 5 nitrogen and oxygen atoms in total. The van der Waals surface area contributed by atoms with Crippen molar-refractivity contribution in [2.24, 2.45) is 5.73 Å². The van der Waals surface area contributed by atoms with Gasteiger partial charge in [-0.25, -0.2) is 0 Å². The first-order valence-electron chi connectivity index (χ1n) is 7.47. The minimum Gasteiger partial charge on any atom is -0.468 e. The van der Waals surface area contributed by atoms with Crippen LogP contribution < -0.4 is 5.73 Å². The van der Waals surface area contributed by atoms with E-state index >= 15 is 0 Å². The number of hydrogen-bond donors (Lipinski definition) is 1. The van der Waals surface area contributed by atoms with Gasteiger partial charge < -0.3 is 15.1 Å². The summed E-state index contributed by atoms with van der Waals surface area (Å²) < 4.78 is 5.35. The monoisotopic (exact) mass is 279 g/mol. The van der Waals surface area contributed by atoms with E-state index in [2.05, 4.69) is 11.8 Å². The maximum Gasteiger partial charge on any atom is 0.224 e. The van der Waals surface area contributed by atoms with E-state index in [0.29, 0.717) is 6.42 Å². The van der Waals surface area contributed by atoms with Crippen molar-refractivity contribution in [1.82, 2.24) is 9.80 Å². The van der Waals surface area contributed by atoms with E-state index in [9.17, 15) is 4.79 Å². The molecule has 0 bridgehead atoms. The highest BCUT2D eigenvalue weighted by molar-refractivity contribution is 5.76. The fourth-order valence-electron chi connectivity index (χ4n) is 2.60. The number of nitrogens with zero attached hydrogens (tertiary/aromatic N) is 2. The van der Waals surface area contributed by atoms with Crippen molar-refractivity contribution in [3.05, 3.63) is 24.2 Å². The van der Waals surface area contributed by atoms with Crippen molar-refractivity contribution in [2.75, 3.05) is 26.2 Å². The average Bonchev–Trinajstić information content (AvgIpc) is 2.92. The molecule has 20 heavy (non-hydrogen) atoms. The molecule has 1 fully saturated rings. The molecule has 112 valence electrons. The van der Waals surface area contributed by atoms with Crippen molar-refractivity contribution in [3.63, 3.8) is 0 Å². The van der Waals surface area contributed by atoms with Crippen LogP contribution in [0.5, 0.6) is 0 Å². The van der Waals surface area contributed by atoms with Gasteiger partial charge in [0.05, 0.1) is 12.8 Å². The number of carbonyl (C=O) groups is 1. The Morgan fingerprint density at radius 1 is 1.40 bits per heavy atom. The Balaban J connectivity index is 1.72. The molecule has 1 aliphatic heterocycles. The molecule has 1 aliphatic rings. The lowest BCUT2D eigenvalue weighted by Gasteiger charge is -2.34. The summed E-state index contributed by atoms with van der Waals surface area (Å²) in [4.78, 5) is 16.4. The number of nitrogens with two attached hydrogens (primary N) is 1. The molecule has 1 saturated heterocycles. The van der Waals surface area contributed by atoms with E-state index in [1.165, 1.54) is 0 Å². The highest BCUT2D eigenvalue weighted by Gasteiger charge is 2.22. The van der Waals surface area contributed by atoms with Gasteiger partial charge in [-0.2, -0.15) is 0 Å². The van der Waals surface area contributed by atoms with Crippen molar-refractivity contribution < 1.29 is 9.21 Å². The van der Waals surface area contributed by atoms with Gasteiger partial charge in [0.1, 0.15) is 5.76 Å². The van der Waals surface area contributed by atoms with Crippen LogP contribution in [0.2, 0.25) is 0 Å². The fourth-order valence-corrected chi connectivity index (χ4v) is 2.60. The molecule has 1 atom stereocenters. The zero-order valence-electron chi connectivity index (χ0n) is 12.3. The molecule has 2 N–H and O–H groups in total. The molecule has 1 aromatic rings. The van der Waals surface area contributed by atoms with Gasteiger partial charge in [0.2, 0.25) is 5.91 Å². The molecule has 2 heterocycles. The summed E-state index contributed by atoms with van der Waals surface area (Å²) in [5.41, 5.74) is 5.94. The molecule has 5 heteroatoms. The van der Waals surface area contributed by atoms with Gasteiger partial charge in [-0.05, 0) is 18.6 Å². The first-order valence-corrected chi connectivity index (χ1v) is 7.47. The second-order valence-electron chi connectivity index (χ2n) is 5.49. The van der Waals surface area contributed by atoms with Gasteiger partial charge in [0, 0.05) is 38.6 Å². The minimum absolute atomic E-state index is 0.00801. The molecule has 0 saturated carbocycles. The molecule has 1 amide bonds. The summed E-state index contributed by atoms with van der Waals surface area (Å²) in [7, 11) is 0. The van der Waals surface area contributed by atoms with Crippen molar-refractivity contribution in [3.8, 4) is 0 Å². The highest BCUT2D eigenvalue weighted by atomic mass is 16.3. The van der Waals surface area contributed by atoms with E-state index in [1.54, 1.807) is 6.26 Å². The van der Waals surface area contributed by atoms with E-state index in [-0.39, 0.29) is 11.9 Å². The van der Waals surface area contributed by atoms with Gasteiger partial charge in [0.15, 0.2) is 0 Å². The predicted molar refractivity (Wildman–Crippen MR) is 78.1 cm³/mol. The van der Waals surface area contributed by atoms with E-state index in [0.717, 1.165) is 51.3 Å². The third kappa shape index (κ3) is 4.35. The van der Waals surface area contributed by atoms with Crippen molar-refractivity contribution >= 4 is 5.91 Å². The van der Waals surface area contributed by atoms with Crippen LogP contribution in [0.15, 0.2) is 22.8 Å². The number of carbonyl (C=O) groups excluding carboxylic acids is 1. The fraction of sp³-hybridized carbons (Fsp3) is 0.667. The normalized spacial score (nSPS) is 18.2. The van der Waals surface area contributed by atoms with Crippen LogP contribution in [0.3, 0.4) is 0 Å². The summed E-state index contributed by atoms with van der Waals surface area (Å²) in [5.74, 6) is 1.18. The third-order valence-electron chi connectivity index (χ3n) is 3.78. The van der Waals surface area contributed by atoms with Gasteiger partial charge in [-0.3, -0.25) is 9.69 Å². The predicted octanol–water partition coefficient (Wildman–Crippen LogP) is 1.44. The standard InChI is InChI=1S/C15H25N3O2/c1-2-4-13(16)11-15(19)18-8-6-17(7-9-18)12-14-5-3-10-20-14/h3,5,10,13H,2,4,6-9,11-12,16H2,1H3. The molecule has 0 aromatic carbocycles. The van der Waals surface area contributed by atoms with E-state index < -0.39 is 0 Å². The van der Waals surface area contributed by atoms with Crippen LogP contribution in [-0.2, 0) is 11.3 Å². The number of rotatable bonds is 6. The van der Waals surface area contributed by atoms with Crippen LogP contribution in [0.4, 0.5) is 0 Å². The Labute approximate surface area is 120 Å². The van der Waals surface area contributed by atoms with Gasteiger partial charge in [-0.15, -0.1) is 0 Å². The van der Waals surface area contributed by atoms with Crippen LogP contribution in [0.25, 0.3) is 0 Å². The van der Waals surface area contributed by atoms with Crippen LogP contribution in [-0.4, -0.2) is 47.9 Å². The third-order valence-corrected chi connectivity index (χ3v) is 3.78. The first kappa shape index (κ1) is 15.1. The zero-order chi connectivity index (χ0) is 14.4. The maximum absolute atomic E-state index is 12.1. The number of furan rings is 1. The van der Waals surface area contributed by atoms with Gasteiger partial charge >= 0.3 is 0 Å². The topological polar surface area (TPSA) is 62.7 Å². The molecule has 0 spiro atoms. The Morgan fingerprint density at radius 3 is 2.75 bits per heavy atom. The molecule has 0 aliphatic carbocycles. The van der Waals surface area contributed by atoms with Crippen molar-refractivity contribution in [1.29, 1.82) is 0 Å². The van der Waals surface area contributed by atoms with Gasteiger partial charge in [0.25, 0.3) is 0 Å². The lowest BCUT2D eigenvalue weighted by molar-refractivity contribution is -0.133. The van der Waals surface area contributed by atoms with Crippen LogP contribution >= 0.6 is 0 Å². The number of piperazine rings is 1. The van der Waals surface area contributed by atoms with Crippen LogP contribution in [0, 0.1) is 0 Å². The molecular weight excluding hydrogens is 254 g/mol. The van der Waals surface area contributed by atoms with Crippen LogP contribution in [0.1, 0.15) is 31.9 Å². The lowest BCUT2D eigenvalue weighted by Crippen LogP contribution is -2.49. The number of hydrogen-bond acceptors (Lipinski definition) is 4. The van der Waals surface area contributed by atoms with Gasteiger partial charge in [-0.1, -0.05) is 13.3 Å². The Hall–Kier alpha value is -1.33. The minimum atomic E-state index is 0.00801. The van der Waals surface area contributed by atoms with E-state index in [4.69, 9.17) is 10.2 Å². The van der Waals surface area contributed by atoms with Crippen molar-refractivity contribution in [2.45, 2.75) is 38.8 Å². The Bertz CT molecular complexity index is 397. The summed E-state index contributed by atoms with van der Waals surface area (Å²) in [6, 6.07) is 3.90. The summed E-state index contributed by atoms with van der Waals surface area (Å²) in [6.45, 7) is 6.30. The molecule has 2 rings (SSSR count).